The Morgan fingerprint density at radius 2 is 2.24 bits per heavy atom. The van der Waals surface area contributed by atoms with Gasteiger partial charge in [0, 0.05) is 16.8 Å². The summed E-state index contributed by atoms with van der Waals surface area (Å²) >= 11 is 0. The van der Waals surface area contributed by atoms with Gasteiger partial charge in [-0.1, -0.05) is 29.8 Å². The monoisotopic (exact) mass is 336 g/mol. The predicted molar refractivity (Wildman–Crippen MR) is 93.5 cm³/mol. The highest BCUT2D eigenvalue weighted by atomic mass is 16.5. The third-order valence-electron chi connectivity index (χ3n) is 4.53. The number of carbonyl (C=O) groups is 1. The summed E-state index contributed by atoms with van der Waals surface area (Å²) < 4.78 is 7.11. The molecule has 2 heterocycles. The highest BCUT2D eigenvalue weighted by molar-refractivity contribution is 5.92. The number of benzene rings is 1. The molecule has 2 aromatic heterocycles. The number of nitrogens with one attached hydrogen (secondary N) is 1. The molecule has 1 aliphatic carbocycles. The lowest BCUT2D eigenvalue weighted by Crippen LogP contribution is -2.10. The van der Waals surface area contributed by atoms with Crippen molar-refractivity contribution in [1.29, 1.82) is 0 Å². The van der Waals surface area contributed by atoms with Gasteiger partial charge in [-0.15, -0.1) is 0 Å². The number of esters is 1. The van der Waals surface area contributed by atoms with Crippen LogP contribution in [-0.2, 0) is 24.1 Å². The lowest BCUT2D eigenvalue weighted by Gasteiger charge is -2.14. The van der Waals surface area contributed by atoms with Crippen LogP contribution in [0.4, 0.5) is 0 Å². The molecule has 0 saturated carbocycles. The molecule has 1 aliphatic rings. The number of rotatable bonds is 4. The number of carbonyl (C=O) groups excluding carboxylic acids is 1. The van der Waals surface area contributed by atoms with Gasteiger partial charge in [0.15, 0.2) is 5.69 Å². The van der Waals surface area contributed by atoms with Gasteiger partial charge < -0.3 is 4.74 Å². The Labute approximate surface area is 145 Å². The Hall–Kier alpha value is -2.89. The second-order valence-corrected chi connectivity index (χ2v) is 6.31. The molecule has 0 radical (unpaired) electrons. The zero-order chi connectivity index (χ0) is 17.4. The predicted octanol–water partition coefficient (Wildman–Crippen LogP) is 2.91. The van der Waals surface area contributed by atoms with Gasteiger partial charge in [-0.3, -0.25) is 9.78 Å². The zero-order valence-electron chi connectivity index (χ0n) is 14.4. The minimum Gasteiger partial charge on any atom is -0.461 e. The van der Waals surface area contributed by atoms with E-state index in [4.69, 9.17) is 4.74 Å². The molecule has 1 N–H and O–H groups in total. The van der Waals surface area contributed by atoms with Gasteiger partial charge in [-0.25, -0.2) is 4.79 Å². The van der Waals surface area contributed by atoms with E-state index in [0.29, 0.717) is 18.8 Å². The van der Waals surface area contributed by atoms with E-state index in [1.807, 2.05) is 23.9 Å². The van der Waals surface area contributed by atoms with Gasteiger partial charge in [0.1, 0.15) is 0 Å². The Balaban J connectivity index is 1.82. The molecule has 4 rings (SSSR count). The van der Waals surface area contributed by atoms with Gasteiger partial charge in [0.2, 0.25) is 0 Å². The fourth-order valence-electron chi connectivity index (χ4n) is 3.46. The van der Waals surface area contributed by atoms with Crippen molar-refractivity contribution in [3.8, 4) is 11.3 Å². The van der Waals surface area contributed by atoms with Crippen LogP contribution in [0.15, 0.2) is 30.5 Å². The summed E-state index contributed by atoms with van der Waals surface area (Å²) in [6, 6.07) is 8.32. The van der Waals surface area contributed by atoms with Crippen molar-refractivity contribution < 1.29 is 9.53 Å². The Kier molecular flexibility index (Phi) is 3.87. The highest BCUT2D eigenvalue weighted by Gasteiger charge is 2.29. The maximum Gasteiger partial charge on any atom is 0.359 e. The largest absolute Gasteiger partial charge is 0.461 e. The SMILES string of the molecule is CCOC(=O)c1nn(Cc2cccc(C)c2)c2c1CCc1[nH]ncc1-2. The van der Waals surface area contributed by atoms with Crippen LogP contribution in [0.2, 0.25) is 0 Å². The Morgan fingerprint density at radius 3 is 3.04 bits per heavy atom. The summed E-state index contributed by atoms with van der Waals surface area (Å²) in [5, 5.41) is 11.8. The second kappa shape index (κ2) is 6.20. The van der Waals surface area contributed by atoms with E-state index < -0.39 is 0 Å². The number of H-pyrrole nitrogens is 1. The molecule has 0 spiro atoms. The molecular weight excluding hydrogens is 316 g/mol. The summed E-state index contributed by atoms with van der Waals surface area (Å²) in [6.07, 6.45) is 3.40. The molecule has 0 aliphatic heterocycles. The average Bonchev–Trinajstić information content (AvgIpc) is 3.19. The molecule has 128 valence electrons. The molecule has 3 aromatic rings. The molecule has 25 heavy (non-hydrogen) atoms. The van der Waals surface area contributed by atoms with Gasteiger partial charge >= 0.3 is 5.97 Å². The first kappa shape index (κ1) is 15.6. The van der Waals surface area contributed by atoms with Crippen LogP contribution in [0.25, 0.3) is 11.3 Å². The summed E-state index contributed by atoms with van der Waals surface area (Å²) in [5.41, 5.74) is 6.82. The number of ether oxygens (including phenoxy) is 1. The summed E-state index contributed by atoms with van der Waals surface area (Å²) in [5.74, 6) is -0.353. The van der Waals surface area contributed by atoms with Gasteiger partial charge in [0.25, 0.3) is 0 Å². The summed E-state index contributed by atoms with van der Waals surface area (Å²) in [4.78, 5) is 12.4. The minimum atomic E-state index is -0.353. The van der Waals surface area contributed by atoms with Crippen LogP contribution < -0.4 is 0 Å². The van der Waals surface area contributed by atoms with Crippen LogP contribution in [-0.4, -0.2) is 32.6 Å². The Bertz CT molecular complexity index is 939. The van der Waals surface area contributed by atoms with Crippen LogP contribution in [0, 0.1) is 6.92 Å². The molecule has 6 nitrogen and oxygen atoms in total. The minimum absolute atomic E-state index is 0.343. The van der Waals surface area contributed by atoms with Crippen molar-refractivity contribution in [1.82, 2.24) is 20.0 Å². The van der Waals surface area contributed by atoms with Crippen molar-refractivity contribution in [2.75, 3.05) is 6.61 Å². The number of fused-ring (bicyclic) bond motifs is 3. The summed E-state index contributed by atoms with van der Waals surface area (Å²) in [7, 11) is 0. The maximum absolute atomic E-state index is 12.4. The van der Waals surface area contributed by atoms with E-state index in [1.165, 1.54) is 5.56 Å². The first-order valence-electron chi connectivity index (χ1n) is 8.52. The number of aromatic amines is 1. The molecule has 0 bridgehead atoms. The molecular formula is C19H20N4O2. The zero-order valence-corrected chi connectivity index (χ0v) is 14.4. The Morgan fingerprint density at radius 1 is 1.36 bits per heavy atom. The highest BCUT2D eigenvalue weighted by Crippen LogP contribution is 2.35. The van der Waals surface area contributed by atoms with Crippen molar-refractivity contribution >= 4 is 5.97 Å². The van der Waals surface area contributed by atoms with Crippen molar-refractivity contribution in [2.45, 2.75) is 33.2 Å². The third kappa shape index (κ3) is 2.73. The van der Waals surface area contributed by atoms with E-state index in [2.05, 4.69) is 40.4 Å². The van der Waals surface area contributed by atoms with Crippen LogP contribution >= 0.6 is 0 Å². The van der Waals surface area contributed by atoms with Crippen LogP contribution in [0.1, 0.15) is 39.8 Å². The molecule has 0 atom stereocenters. The maximum atomic E-state index is 12.4. The number of nitrogens with zero attached hydrogens (tertiary/aromatic N) is 3. The van der Waals surface area contributed by atoms with Crippen molar-refractivity contribution in [3.63, 3.8) is 0 Å². The number of aryl methyl sites for hydroxylation is 2. The van der Waals surface area contributed by atoms with E-state index in [9.17, 15) is 4.79 Å². The third-order valence-corrected chi connectivity index (χ3v) is 4.53. The topological polar surface area (TPSA) is 72.8 Å². The quantitative estimate of drug-likeness (QED) is 0.744. The van der Waals surface area contributed by atoms with Crippen LogP contribution in [0.3, 0.4) is 0 Å². The number of hydrogen-bond acceptors (Lipinski definition) is 4. The molecule has 6 heteroatoms. The molecule has 0 fully saturated rings. The number of hydrogen-bond donors (Lipinski definition) is 1. The van der Waals surface area contributed by atoms with Gasteiger partial charge in [-0.2, -0.15) is 10.2 Å². The lowest BCUT2D eigenvalue weighted by atomic mass is 9.94. The molecule has 0 unspecified atom stereocenters. The smallest absolute Gasteiger partial charge is 0.359 e. The normalized spacial score (nSPS) is 12.6. The second-order valence-electron chi connectivity index (χ2n) is 6.31. The molecule has 1 aromatic carbocycles. The van der Waals surface area contributed by atoms with Gasteiger partial charge in [-0.05, 0) is 32.3 Å². The van der Waals surface area contributed by atoms with E-state index in [1.54, 1.807) is 0 Å². The fourth-order valence-corrected chi connectivity index (χ4v) is 3.46. The van der Waals surface area contributed by atoms with Crippen LogP contribution in [0.5, 0.6) is 0 Å². The van der Waals surface area contributed by atoms with Crippen molar-refractivity contribution in [3.05, 3.63) is 58.5 Å². The average molecular weight is 336 g/mol. The summed E-state index contributed by atoms with van der Waals surface area (Å²) in [6.45, 7) is 4.83. The number of aromatic nitrogens is 4. The fraction of sp³-hybridized carbons (Fsp3) is 0.316. The first-order valence-corrected chi connectivity index (χ1v) is 8.52. The van der Waals surface area contributed by atoms with Gasteiger partial charge in [0.05, 0.1) is 25.0 Å². The van der Waals surface area contributed by atoms with Crippen molar-refractivity contribution in [2.24, 2.45) is 0 Å². The molecule has 0 amide bonds. The standard InChI is InChI=1S/C19H20N4O2/c1-3-25-19(24)17-14-7-8-16-15(10-20-21-16)18(14)23(22-17)11-13-6-4-5-12(2)9-13/h4-6,9-10H,3,7-8,11H2,1-2H3,(H,20,21). The first-order chi connectivity index (χ1) is 12.2. The van der Waals surface area contributed by atoms with E-state index in [0.717, 1.165) is 40.9 Å². The van der Waals surface area contributed by atoms with E-state index >= 15 is 0 Å². The molecule has 0 saturated heterocycles. The van der Waals surface area contributed by atoms with E-state index in [-0.39, 0.29) is 5.97 Å². The lowest BCUT2D eigenvalue weighted by molar-refractivity contribution is 0.0517.